The van der Waals surface area contributed by atoms with Crippen molar-refractivity contribution in [3.05, 3.63) is 10.6 Å². The molecule has 0 unspecified atom stereocenters. The summed E-state index contributed by atoms with van der Waals surface area (Å²) in [6.45, 7) is 1.78. The minimum atomic E-state index is -0.648. The Kier molecular flexibility index (Phi) is 5.14. The lowest BCUT2D eigenvalue weighted by Gasteiger charge is -2.00. The van der Waals surface area contributed by atoms with E-state index >= 15 is 0 Å². The van der Waals surface area contributed by atoms with Crippen molar-refractivity contribution in [2.75, 3.05) is 5.88 Å². The molecule has 0 N–H and O–H groups in total. The average molecular weight is 208 g/mol. The lowest BCUT2D eigenvalue weighted by Crippen LogP contribution is -1.91. The van der Waals surface area contributed by atoms with E-state index in [2.05, 4.69) is 0 Å². The largest absolute Gasteiger partial charge is 0.143 e. The minimum Gasteiger partial charge on any atom is -0.122 e. The molecule has 0 aliphatic rings. The summed E-state index contributed by atoms with van der Waals surface area (Å²) in [5.41, 5.74) is 0.813. The normalized spacial score (nSPS) is 14.0. The van der Waals surface area contributed by atoms with Gasteiger partial charge in [0.15, 0.2) is 0 Å². The van der Waals surface area contributed by atoms with Gasteiger partial charge in [0.2, 0.25) is 0 Å². The molecule has 0 amide bonds. The van der Waals surface area contributed by atoms with Crippen LogP contribution in [0.4, 0.5) is 0 Å². The maximum atomic E-state index is 5.60. The van der Waals surface area contributed by atoms with Crippen LogP contribution >= 0.6 is 46.4 Å². The van der Waals surface area contributed by atoms with Gasteiger partial charge in [0.05, 0.1) is 5.03 Å². The van der Waals surface area contributed by atoms with E-state index in [0.29, 0.717) is 10.9 Å². The number of hydrogen-bond acceptors (Lipinski definition) is 0. The van der Waals surface area contributed by atoms with Gasteiger partial charge in [-0.05, 0) is 12.5 Å². The van der Waals surface area contributed by atoms with Gasteiger partial charge in [-0.1, -0.05) is 34.8 Å². The molecule has 0 saturated heterocycles. The maximum Gasteiger partial charge on any atom is 0.143 e. The number of alkyl halides is 3. The van der Waals surface area contributed by atoms with Crippen LogP contribution in [0.2, 0.25) is 0 Å². The summed E-state index contributed by atoms with van der Waals surface area (Å²) < 4.78 is 0. The molecule has 0 fully saturated rings. The van der Waals surface area contributed by atoms with Crippen LogP contribution in [0.1, 0.15) is 6.92 Å². The van der Waals surface area contributed by atoms with Crippen LogP contribution in [0.3, 0.4) is 0 Å². The molecule has 0 heterocycles. The summed E-state index contributed by atoms with van der Waals surface area (Å²) in [6, 6.07) is 0. The van der Waals surface area contributed by atoms with Gasteiger partial charge < -0.3 is 0 Å². The second-order valence-electron chi connectivity index (χ2n) is 1.56. The average Bonchev–Trinajstić information content (AvgIpc) is 1.84. The third kappa shape index (κ3) is 3.57. The van der Waals surface area contributed by atoms with Crippen LogP contribution in [0.25, 0.3) is 0 Å². The van der Waals surface area contributed by atoms with Crippen molar-refractivity contribution in [2.45, 2.75) is 11.8 Å². The van der Waals surface area contributed by atoms with Gasteiger partial charge in [-0.3, -0.25) is 0 Å². The zero-order valence-corrected chi connectivity index (χ0v) is 7.82. The first-order valence-corrected chi connectivity index (χ1v) is 4.07. The molecule has 0 bridgehead atoms. The van der Waals surface area contributed by atoms with E-state index < -0.39 is 4.84 Å². The van der Waals surface area contributed by atoms with Gasteiger partial charge in [0.25, 0.3) is 0 Å². The molecule has 0 aromatic heterocycles. The summed E-state index contributed by atoms with van der Waals surface area (Å²) in [7, 11) is 0. The molecule has 0 spiro atoms. The van der Waals surface area contributed by atoms with E-state index in [1.807, 2.05) is 0 Å². The molecule has 0 aromatic carbocycles. The zero-order valence-electron chi connectivity index (χ0n) is 4.80. The number of allylic oxidation sites excluding steroid dienone is 2. The molecule has 9 heavy (non-hydrogen) atoms. The van der Waals surface area contributed by atoms with Crippen molar-refractivity contribution < 1.29 is 0 Å². The fourth-order valence-electron chi connectivity index (χ4n) is 0.250. The molecule has 0 rings (SSSR count). The standard InChI is InChI=1S/C5H6Cl4/c1-3(2-6)4(7)5(8)9/h5H,2H2,1H3. The lowest BCUT2D eigenvalue weighted by molar-refractivity contribution is 1.32. The smallest absolute Gasteiger partial charge is 0.122 e. The Morgan fingerprint density at radius 2 is 1.89 bits per heavy atom. The van der Waals surface area contributed by atoms with E-state index in [0.717, 1.165) is 5.57 Å². The van der Waals surface area contributed by atoms with Crippen LogP contribution < -0.4 is 0 Å². The Labute approximate surface area is 74.7 Å². The summed E-state index contributed by atoms with van der Waals surface area (Å²) in [5, 5.41) is 0.424. The van der Waals surface area contributed by atoms with E-state index in [4.69, 9.17) is 46.4 Å². The molecule has 4 heteroatoms. The van der Waals surface area contributed by atoms with Crippen LogP contribution in [-0.4, -0.2) is 10.7 Å². The van der Waals surface area contributed by atoms with Crippen LogP contribution in [0.15, 0.2) is 10.6 Å². The molecular weight excluding hydrogens is 202 g/mol. The van der Waals surface area contributed by atoms with Crippen molar-refractivity contribution in [3.8, 4) is 0 Å². The molecule has 0 aliphatic carbocycles. The van der Waals surface area contributed by atoms with E-state index in [1.54, 1.807) is 6.92 Å². The summed E-state index contributed by atoms with van der Waals surface area (Å²) in [5.74, 6) is 0.370. The maximum absolute atomic E-state index is 5.60. The van der Waals surface area contributed by atoms with Crippen LogP contribution in [0.5, 0.6) is 0 Å². The lowest BCUT2D eigenvalue weighted by atomic mass is 10.3. The first-order chi connectivity index (χ1) is 4.09. The summed E-state index contributed by atoms with van der Waals surface area (Å²) in [6.07, 6.45) is 0. The highest BCUT2D eigenvalue weighted by molar-refractivity contribution is 6.52. The van der Waals surface area contributed by atoms with Crippen molar-refractivity contribution in [1.82, 2.24) is 0 Å². The Bertz CT molecular complexity index is 116. The topological polar surface area (TPSA) is 0 Å². The van der Waals surface area contributed by atoms with Gasteiger partial charge in [0.1, 0.15) is 4.84 Å². The Balaban J connectivity index is 4.10. The van der Waals surface area contributed by atoms with Crippen LogP contribution in [0, 0.1) is 0 Å². The molecule has 0 aliphatic heterocycles. The molecule has 54 valence electrons. The fraction of sp³-hybridized carbons (Fsp3) is 0.600. The number of rotatable bonds is 2. The Morgan fingerprint density at radius 3 is 2.00 bits per heavy atom. The number of hydrogen-bond donors (Lipinski definition) is 0. The third-order valence-corrected chi connectivity index (χ3v) is 2.40. The highest BCUT2D eigenvalue weighted by Crippen LogP contribution is 2.22. The van der Waals surface area contributed by atoms with Crippen molar-refractivity contribution >= 4 is 46.4 Å². The van der Waals surface area contributed by atoms with Crippen molar-refractivity contribution in [1.29, 1.82) is 0 Å². The SMILES string of the molecule is CC(CCl)=C(Cl)C(Cl)Cl. The second-order valence-corrected chi connectivity index (χ2v) is 3.33. The van der Waals surface area contributed by atoms with Crippen LogP contribution in [-0.2, 0) is 0 Å². The molecule has 0 atom stereocenters. The van der Waals surface area contributed by atoms with Gasteiger partial charge >= 0.3 is 0 Å². The summed E-state index contributed by atoms with van der Waals surface area (Å²) >= 11 is 21.9. The van der Waals surface area contributed by atoms with E-state index in [1.165, 1.54) is 0 Å². The first kappa shape index (κ1) is 9.90. The molecule has 0 radical (unpaired) electrons. The zero-order chi connectivity index (χ0) is 7.44. The second kappa shape index (κ2) is 4.68. The van der Waals surface area contributed by atoms with Gasteiger partial charge in [-0.2, -0.15) is 0 Å². The molecule has 0 saturated carbocycles. The van der Waals surface area contributed by atoms with Gasteiger partial charge in [0, 0.05) is 5.88 Å². The monoisotopic (exact) mass is 206 g/mol. The fourth-order valence-corrected chi connectivity index (χ4v) is 0.902. The highest BCUT2D eigenvalue weighted by Gasteiger charge is 2.06. The van der Waals surface area contributed by atoms with E-state index in [9.17, 15) is 0 Å². The van der Waals surface area contributed by atoms with Crippen molar-refractivity contribution in [2.24, 2.45) is 0 Å². The molecular formula is C5H6Cl4. The molecule has 0 nitrogen and oxygen atoms in total. The Hall–Kier alpha value is 0.900. The van der Waals surface area contributed by atoms with Gasteiger partial charge in [-0.25, -0.2) is 0 Å². The number of halogens is 4. The molecule has 0 aromatic rings. The van der Waals surface area contributed by atoms with E-state index in [-0.39, 0.29) is 0 Å². The third-order valence-electron chi connectivity index (χ3n) is 0.800. The highest BCUT2D eigenvalue weighted by atomic mass is 35.5. The summed E-state index contributed by atoms with van der Waals surface area (Å²) in [4.78, 5) is -0.648. The van der Waals surface area contributed by atoms with Crippen molar-refractivity contribution in [3.63, 3.8) is 0 Å². The van der Waals surface area contributed by atoms with Gasteiger partial charge in [-0.15, -0.1) is 11.6 Å². The Morgan fingerprint density at radius 1 is 1.44 bits per heavy atom. The predicted octanol–water partition coefficient (Wildman–Crippen LogP) is 3.54. The quantitative estimate of drug-likeness (QED) is 0.608. The minimum absolute atomic E-state index is 0.370. The first-order valence-electron chi connectivity index (χ1n) is 2.28. The predicted molar refractivity (Wildman–Crippen MR) is 44.8 cm³/mol.